The summed E-state index contributed by atoms with van der Waals surface area (Å²) in [4.78, 5) is 35.4. The lowest BCUT2D eigenvalue weighted by Gasteiger charge is -2.27. The van der Waals surface area contributed by atoms with Crippen LogP contribution in [-0.4, -0.2) is 49.9 Å². The van der Waals surface area contributed by atoms with Gasteiger partial charge in [-0.05, 0) is 6.07 Å². The number of phenolic OH excluding ortho intramolecular Hbond substituents is 1. The van der Waals surface area contributed by atoms with Crippen molar-refractivity contribution >= 4 is 29.6 Å². The van der Waals surface area contributed by atoms with Crippen LogP contribution < -0.4 is 0 Å². The number of hydrogen-bond donors (Lipinski definition) is 3. The minimum atomic E-state index is -1.18. The number of aromatic hydroxyl groups is 1. The average molecular weight is 337 g/mol. The molecule has 1 saturated heterocycles. The van der Waals surface area contributed by atoms with Gasteiger partial charge in [-0.3, -0.25) is 4.79 Å². The van der Waals surface area contributed by atoms with Crippen molar-refractivity contribution in [2.45, 2.75) is 17.8 Å². The van der Waals surface area contributed by atoms with E-state index >= 15 is 0 Å². The summed E-state index contributed by atoms with van der Waals surface area (Å²) in [6.45, 7) is 0. The maximum absolute atomic E-state index is 12.4. The molecule has 1 aromatic rings. The van der Waals surface area contributed by atoms with Crippen molar-refractivity contribution in [2.24, 2.45) is 0 Å². The molecule has 1 fully saturated rings. The van der Waals surface area contributed by atoms with Crippen molar-refractivity contribution in [2.75, 3.05) is 5.75 Å². The highest BCUT2D eigenvalue weighted by molar-refractivity contribution is 7.99. The first-order valence-electron chi connectivity index (χ1n) is 6.74. The summed E-state index contributed by atoms with van der Waals surface area (Å²) in [5.74, 6) is -2.64. The molecule has 1 unspecified atom stereocenters. The first-order valence-corrected chi connectivity index (χ1v) is 7.79. The molecule has 0 bridgehead atoms. The largest absolute Gasteiger partial charge is 0.508 e. The molecule has 1 aliphatic rings. The second-order valence-electron chi connectivity index (χ2n) is 4.84. The zero-order valence-corrected chi connectivity index (χ0v) is 12.8. The van der Waals surface area contributed by atoms with Gasteiger partial charge in [-0.1, -0.05) is 24.3 Å². The predicted octanol–water partition coefficient (Wildman–Crippen LogP) is 1.45. The smallest absolute Gasteiger partial charge is 0.327 e. The van der Waals surface area contributed by atoms with Crippen LogP contribution in [0.3, 0.4) is 0 Å². The second kappa shape index (κ2) is 7.19. The van der Waals surface area contributed by atoms with Gasteiger partial charge in [0.1, 0.15) is 17.2 Å². The normalized spacial score (nSPS) is 20.8. The number of nitrogens with zero attached hydrogens (tertiary/aromatic N) is 1. The number of amides is 1. The SMILES string of the molecule is O=C(O)/C=C/CC(=O)N1C(c2ccccc2O)SC[C@H]1C(=O)O. The van der Waals surface area contributed by atoms with Gasteiger partial charge in [0, 0.05) is 23.8 Å². The molecule has 0 saturated carbocycles. The van der Waals surface area contributed by atoms with Crippen molar-refractivity contribution < 1.29 is 29.7 Å². The van der Waals surface area contributed by atoms with Crippen LogP contribution >= 0.6 is 11.8 Å². The van der Waals surface area contributed by atoms with Crippen LogP contribution in [0.5, 0.6) is 5.75 Å². The number of carbonyl (C=O) groups is 3. The molecule has 23 heavy (non-hydrogen) atoms. The van der Waals surface area contributed by atoms with Gasteiger partial charge in [-0.2, -0.15) is 0 Å². The summed E-state index contributed by atoms with van der Waals surface area (Å²) in [6.07, 6.45) is 1.79. The minimum Gasteiger partial charge on any atom is -0.508 e. The van der Waals surface area contributed by atoms with E-state index in [1.807, 2.05) is 0 Å². The third kappa shape index (κ3) is 3.84. The van der Waals surface area contributed by atoms with Crippen molar-refractivity contribution in [3.63, 3.8) is 0 Å². The maximum Gasteiger partial charge on any atom is 0.327 e. The van der Waals surface area contributed by atoms with E-state index in [2.05, 4.69) is 0 Å². The van der Waals surface area contributed by atoms with E-state index in [4.69, 9.17) is 5.11 Å². The van der Waals surface area contributed by atoms with E-state index in [0.29, 0.717) is 5.56 Å². The van der Waals surface area contributed by atoms with E-state index in [1.54, 1.807) is 18.2 Å². The fourth-order valence-corrected chi connectivity index (χ4v) is 3.77. The number of benzene rings is 1. The number of aliphatic carboxylic acids is 2. The molecule has 8 heteroatoms. The van der Waals surface area contributed by atoms with E-state index in [9.17, 15) is 24.6 Å². The van der Waals surface area contributed by atoms with Crippen molar-refractivity contribution in [1.82, 2.24) is 4.90 Å². The van der Waals surface area contributed by atoms with Gasteiger partial charge in [-0.15, -0.1) is 11.8 Å². The van der Waals surface area contributed by atoms with Gasteiger partial charge in [0.25, 0.3) is 0 Å². The molecule has 0 aliphatic carbocycles. The Labute approximate surface area is 136 Å². The molecule has 1 amide bonds. The molecule has 0 radical (unpaired) electrons. The summed E-state index contributed by atoms with van der Waals surface area (Å²) >= 11 is 1.25. The number of carboxylic acid groups (broad SMARTS) is 2. The van der Waals surface area contributed by atoms with E-state index in [1.165, 1.54) is 28.8 Å². The molecule has 7 nitrogen and oxygen atoms in total. The number of thioether (sulfide) groups is 1. The maximum atomic E-state index is 12.4. The van der Waals surface area contributed by atoms with Crippen LogP contribution in [0, 0.1) is 0 Å². The Morgan fingerprint density at radius 3 is 2.57 bits per heavy atom. The summed E-state index contributed by atoms with van der Waals surface area (Å²) in [5, 5.41) is 27.2. The zero-order chi connectivity index (χ0) is 17.0. The van der Waals surface area contributed by atoms with Crippen LogP contribution in [0.25, 0.3) is 0 Å². The Morgan fingerprint density at radius 1 is 1.26 bits per heavy atom. The lowest BCUT2D eigenvalue weighted by molar-refractivity contribution is -0.148. The number of rotatable bonds is 5. The molecule has 3 N–H and O–H groups in total. The molecule has 1 heterocycles. The van der Waals surface area contributed by atoms with Crippen molar-refractivity contribution in [3.05, 3.63) is 42.0 Å². The highest BCUT2D eigenvalue weighted by Crippen LogP contribution is 2.44. The van der Waals surface area contributed by atoms with Gasteiger partial charge in [-0.25, -0.2) is 9.59 Å². The van der Waals surface area contributed by atoms with Gasteiger partial charge in [0.2, 0.25) is 5.91 Å². The van der Waals surface area contributed by atoms with Crippen molar-refractivity contribution in [3.8, 4) is 5.75 Å². The first-order chi connectivity index (χ1) is 10.9. The number of para-hydroxylation sites is 1. The molecule has 0 aromatic heterocycles. The van der Waals surface area contributed by atoms with Crippen LogP contribution in [0.4, 0.5) is 0 Å². The third-order valence-corrected chi connectivity index (χ3v) is 4.63. The van der Waals surface area contributed by atoms with Crippen LogP contribution in [0.15, 0.2) is 36.4 Å². The fraction of sp³-hybridized carbons (Fsp3) is 0.267. The first kappa shape index (κ1) is 16.9. The zero-order valence-electron chi connectivity index (χ0n) is 12.0. The Kier molecular flexibility index (Phi) is 5.28. The summed E-state index contributed by atoms with van der Waals surface area (Å²) in [6, 6.07) is 5.41. The van der Waals surface area contributed by atoms with Crippen LogP contribution in [0.1, 0.15) is 17.4 Å². The molecule has 2 atom stereocenters. The lowest BCUT2D eigenvalue weighted by atomic mass is 10.1. The number of carbonyl (C=O) groups excluding carboxylic acids is 1. The second-order valence-corrected chi connectivity index (χ2v) is 5.96. The van der Waals surface area contributed by atoms with Crippen LogP contribution in [-0.2, 0) is 14.4 Å². The Hall–Kier alpha value is -2.48. The van der Waals surface area contributed by atoms with Gasteiger partial charge in [0.15, 0.2) is 0 Å². The molecule has 2 rings (SSSR count). The molecular formula is C15H15NO6S. The molecule has 1 aliphatic heterocycles. The Bertz CT molecular complexity index is 659. The fourth-order valence-electron chi connectivity index (χ4n) is 2.30. The average Bonchev–Trinajstić information content (AvgIpc) is 2.92. The molecular weight excluding hydrogens is 322 g/mol. The van der Waals surface area contributed by atoms with E-state index in [-0.39, 0.29) is 17.9 Å². The Balaban J connectivity index is 2.28. The summed E-state index contributed by atoms with van der Waals surface area (Å²) in [7, 11) is 0. The van der Waals surface area contributed by atoms with E-state index in [0.717, 1.165) is 6.08 Å². The van der Waals surface area contributed by atoms with Crippen molar-refractivity contribution in [1.29, 1.82) is 0 Å². The number of hydrogen-bond acceptors (Lipinski definition) is 5. The minimum absolute atomic E-state index is 0.0186. The highest BCUT2D eigenvalue weighted by Gasteiger charge is 2.42. The molecule has 122 valence electrons. The lowest BCUT2D eigenvalue weighted by Crippen LogP contribution is -2.42. The standard InChI is InChI=1S/C15H15NO6S/c17-11-5-2-1-4-9(11)14-16(10(8-23-14)15(21)22)12(18)6-3-7-13(19)20/h1-5,7,10,14,17H,6,8H2,(H,19,20)(H,21,22)/b7-3+/t10-,14?/m0/s1. The third-order valence-electron chi connectivity index (χ3n) is 3.33. The van der Waals surface area contributed by atoms with Gasteiger partial charge < -0.3 is 20.2 Å². The molecule has 1 aromatic carbocycles. The van der Waals surface area contributed by atoms with Crippen LogP contribution in [0.2, 0.25) is 0 Å². The van der Waals surface area contributed by atoms with Gasteiger partial charge in [0.05, 0.1) is 0 Å². The van der Waals surface area contributed by atoms with Gasteiger partial charge >= 0.3 is 11.9 Å². The summed E-state index contributed by atoms with van der Waals surface area (Å²) < 4.78 is 0. The molecule has 0 spiro atoms. The highest BCUT2D eigenvalue weighted by atomic mass is 32.2. The van der Waals surface area contributed by atoms with E-state index < -0.39 is 29.3 Å². The number of carboxylic acids is 2. The summed E-state index contributed by atoms with van der Waals surface area (Å²) in [5.41, 5.74) is 0.455. The predicted molar refractivity (Wildman–Crippen MR) is 83.0 cm³/mol. The monoisotopic (exact) mass is 337 g/mol. The number of phenols is 1. The topological polar surface area (TPSA) is 115 Å². The Morgan fingerprint density at radius 2 is 1.96 bits per heavy atom. The quantitative estimate of drug-likeness (QED) is 0.697.